The minimum atomic E-state index is -0.663. The second-order valence-electron chi connectivity index (χ2n) is 15.7. The van der Waals surface area contributed by atoms with Crippen molar-refractivity contribution >= 4 is 22.6 Å². The van der Waals surface area contributed by atoms with Crippen LogP contribution in [-0.4, -0.2) is 0 Å². The summed E-state index contributed by atoms with van der Waals surface area (Å²) in [6, 6.07) is 59.8. The van der Waals surface area contributed by atoms with Crippen LogP contribution < -0.4 is 4.90 Å². The molecule has 262 valence electrons. The third-order valence-electron chi connectivity index (χ3n) is 12.6. The Morgan fingerprint density at radius 1 is 0.491 bits per heavy atom. The standard InChI is InChI=1S/C53H38FN/c1-52(2)45-23-10-6-19-39(45)43-29-27-36(32-48(43)52)55(51-26-13-9-18-38(51)34-15-4-3-5-16-34)37-28-30-44-42-22-14-17-35(54)31-49(42)53(50(44)33-37)46-24-11-7-20-40(46)41-21-8-12-25-47(41)53/h3-21,23-33H,22H2,1-2H3. The second kappa shape index (κ2) is 11.7. The number of hydrogen-bond acceptors (Lipinski definition) is 1. The van der Waals surface area contributed by atoms with Crippen LogP contribution in [0.25, 0.3) is 39.0 Å². The van der Waals surface area contributed by atoms with E-state index in [9.17, 15) is 0 Å². The minimum Gasteiger partial charge on any atom is -0.310 e. The smallest absolute Gasteiger partial charge is 0.123 e. The molecule has 1 nitrogen and oxygen atoms in total. The van der Waals surface area contributed by atoms with Crippen LogP contribution in [0.2, 0.25) is 0 Å². The van der Waals surface area contributed by atoms with Crippen molar-refractivity contribution in [2.45, 2.75) is 31.1 Å². The van der Waals surface area contributed by atoms with Gasteiger partial charge >= 0.3 is 0 Å². The molecular weight excluding hydrogens is 670 g/mol. The van der Waals surface area contributed by atoms with E-state index in [2.05, 4.69) is 183 Å². The summed E-state index contributed by atoms with van der Waals surface area (Å²) in [6.45, 7) is 4.69. The van der Waals surface area contributed by atoms with Crippen LogP contribution in [0.15, 0.2) is 193 Å². The summed E-state index contributed by atoms with van der Waals surface area (Å²) in [5.74, 6) is -0.209. The summed E-state index contributed by atoms with van der Waals surface area (Å²) in [6.07, 6.45) is 6.08. The zero-order valence-electron chi connectivity index (χ0n) is 30.9. The van der Waals surface area contributed by atoms with Crippen LogP contribution in [0, 0.1) is 0 Å². The molecule has 0 aliphatic heterocycles. The van der Waals surface area contributed by atoms with E-state index in [4.69, 9.17) is 0 Å². The number of para-hydroxylation sites is 1. The van der Waals surface area contributed by atoms with Crippen molar-refractivity contribution in [3.05, 3.63) is 227 Å². The van der Waals surface area contributed by atoms with Crippen molar-refractivity contribution in [3.63, 3.8) is 0 Å². The van der Waals surface area contributed by atoms with Crippen molar-refractivity contribution in [3.8, 4) is 33.4 Å². The molecule has 7 aromatic rings. The van der Waals surface area contributed by atoms with E-state index < -0.39 is 5.41 Å². The van der Waals surface area contributed by atoms with Crippen LogP contribution in [0.1, 0.15) is 53.6 Å². The van der Waals surface area contributed by atoms with Gasteiger partial charge in [0.15, 0.2) is 0 Å². The van der Waals surface area contributed by atoms with Crippen LogP contribution in [0.3, 0.4) is 0 Å². The van der Waals surface area contributed by atoms with Gasteiger partial charge in [0, 0.05) is 22.4 Å². The summed E-state index contributed by atoms with van der Waals surface area (Å²) >= 11 is 0. The predicted molar refractivity (Wildman–Crippen MR) is 226 cm³/mol. The largest absolute Gasteiger partial charge is 0.310 e. The molecule has 11 rings (SSSR count). The van der Waals surface area contributed by atoms with Gasteiger partial charge in [0.05, 0.1) is 11.1 Å². The number of nitrogens with zero attached hydrogens (tertiary/aromatic N) is 1. The monoisotopic (exact) mass is 707 g/mol. The Labute approximate surface area is 322 Å². The summed E-state index contributed by atoms with van der Waals surface area (Å²) in [7, 11) is 0. The van der Waals surface area contributed by atoms with Gasteiger partial charge in [0.25, 0.3) is 0 Å². The topological polar surface area (TPSA) is 3.24 Å². The fraction of sp³-hybridized carbons (Fsp3) is 0.0943. The maximum atomic E-state index is 15.8. The highest BCUT2D eigenvalue weighted by Crippen LogP contribution is 2.64. The first kappa shape index (κ1) is 32.0. The molecule has 0 bridgehead atoms. The Bertz CT molecular complexity index is 2790. The molecule has 0 saturated carbocycles. The summed E-state index contributed by atoms with van der Waals surface area (Å²) in [5.41, 5.74) is 19.5. The van der Waals surface area contributed by atoms with Gasteiger partial charge < -0.3 is 4.90 Å². The number of fused-ring (bicyclic) bond motifs is 12. The molecule has 0 atom stereocenters. The van der Waals surface area contributed by atoms with Gasteiger partial charge in [-0.05, 0) is 121 Å². The van der Waals surface area contributed by atoms with Crippen LogP contribution >= 0.6 is 0 Å². The van der Waals surface area contributed by atoms with Crippen LogP contribution in [0.4, 0.5) is 21.5 Å². The molecular formula is C53H38FN. The van der Waals surface area contributed by atoms with E-state index in [-0.39, 0.29) is 11.2 Å². The molecule has 1 spiro atoms. The Balaban J connectivity index is 1.20. The number of hydrogen-bond donors (Lipinski definition) is 0. The molecule has 0 unspecified atom stereocenters. The zero-order chi connectivity index (χ0) is 36.9. The number of benzene rings is 7. The quantitative estimate of drug-likeness (QED) is 0.176. The van der Waals surface area contributed by atoms with Gasteiger partial charge in [-0.1, -0.05) is 153 Å². The fourth-order valence-electron chi connectivity index (χ4n) is 10.3. The van der Waals surface area contributed by atoms with E-state index in [1.807, 2.05) is 6.08 Å². The lowest BCUT2D eigenvalue weighted by Crippen LogP contribution is -2.27. The second-order valence-corrected chi connectivity index (χ2v) is 15.7. The first-order valence-corrected chi connectivity index (χ1v) is 19.3. The molecule has 4 aliphatic carbocycles. The average Bonchev–Trinajstić information content (AvgIpc) is 3.68. The Kier molecular flexibility index (Phi) is 6.83. The van der Waals surface area contributed by atoms with E-state index in [1.54, 1.807) is 12.2 Å². The van der Waals surface area contributed by atoms with Crippen molar-refractivity contribution in [1.82, 2.24) is 0 Å². The highest BCUT2D eigenvalue weighted by molar-refractivity contribution is 5.98. The normalized spacial score (nSPS) is 16.1. The van der Waals surface area contributed by atoms with Crippen molar-refractivity contribution in [2.75, 3.05) is 4.90 Å². The molecule has 0 N–H and O–H groups in total. The van der Waals surface area contributed by atoms with Crippen molar-refractivity contribution in [2.24, 2.45) is 0 Å². The van der Waals surface area contributed by atoms with E-state index in [0.717, 1.165) is 33.8 Å². The first-order chi connectivity index (χ1) is 27.0. The Morgan fingerprint density at radius 2 is 1.02 bits per heavy atom. The third-order valence-corrected chi connectivity index (χ3v) is 12.6. The lowest BCUT2D eigenvalue weighted by atomic mass is 9.69. The van der Waals surface area contributed by atoms with E-state index >= 15 is 4.39 Å². The molecule has 0 amide bonds. The highest BCUT2D eigenvalue weighted by atomic mass is 19.1. The number of rotatable bonds is 4. The average molecular weight is 708 g/mol. The van der Waals surface area contributed by atoms with Gasteiger partial charge in [0.2, 0.25) is 0 Å². The fourth-order valence-corrected chi connectivity index (χ4v) is 10.3. The molecule has 0 fully saturated rings. The number of anilines is 3. The predicted octanol–water partition coefficient (Wildman–Crippen LogP) is 14.0. The van der Waals surface area contributed by atoms with E-state index in [0.29, 0.717) is 6.42 Å². The Hall–Kier alpha value is -6.51. The lowest BCUT2D eigenvalue weighted by molar-refractivity contribution is 0.660. The first-order valence-electron chi connectivity index (χ1n) is 19.3. The maximum Gasteiger partial charge on any atom is 0.123 e. The lowest BCUT2D eigenvalue weighted by Gasteiger charge is -2.34. The van der Waals surface area contributed by atoms with Gasteiger partial charge in [-0.3, -0.25) is 0 Å². The highest BCUT2D eigenvalue weighted by Gasteiger charge is 2.52. The molecule has 0 heterocycles. The molecule has 55 heavy (non-hydrogen) atoms. The van der Waals surface area contributed by atoms with Gasteiger partial charge in [-0.25, -0.2) is 4.39 Å². The van der Waals surface area contributed by atoms with Crippen LogP contribution in [-0.2, 0) is 10.8 Å². The molecule has 2 heteroatoms. The van der Waals surface area contributed by atoms with Crippen molar-refractivity contribution < 1.29 is 4.39 Å². The van der Waals surface area contributed by atoms with Gasteiger partial charge in [0.1, 0.15) is 5.83 Å². The minimum absolute atomic E-state index is 0.156. The number of allylic oxidation sites excluding steroid dienone is 6. The maximum absolute atomic E-state index is 15.8. The molecule has 4 aliphatic rings. The van der Waals surface area contributed by atoms with Gasteiger partial charge in [-0.15, -0.1) is 0 Å². The molecule has 0 radical (unpaired) electrons. The SMILES string of the molecule is CC1(C)c2ccccc2-c2ccc(N(c3ccc4c(c3)C3(C5=C4CC=CC(F)=C5)c4ccccc4-c4ccccc43)c3ccccc3-c3ccccc3)cc21. The van der Waals surface area contributed by atoms with Gasteiger partial charge in [-0.2, -0.15) is 0 Å². The third kappa shape index (κ3) is 4.40. The number of halogens is 1. The van der Waals surface area contributed by atoms with E-state index in [1.165, 1.54) is 61.2 Å². The molecule has 7 aromatic carbocycles. The van der Waals surface area contributed by atoms with Crippen molar-refractivity contribution in [1.29, 1.82) is 0 Å². The van der Waals surface area contributed by atoms with Crippen LogP contribution in [0.5, 0.6) is 0 Å². The zero-order valence-corrected chi connectivity index (χ0v) is 30.9. The summed E-state index contributed by atoms with van der Waals surface area (Å²) < 4.78 is 15.8. The summed E-state index contributed by atoms with van der Waals surface area (Å²) in [5, 5.41) is 0. The Morgan fingerprint density at radius 3 is 1.71 bits per heavy atom. The molecule has 0 aromatic heterocycles. The molecule has 0 saturated heterocycles. The summed E-state index contributed by atoms with van der Waals surface area (Å²) in [4.78, 5) is 2.45.